The highest BCUT2D eigenvalue weighted by Crippen LogP contribution is 2.36. The number of fused-ring (bicyclic) bond motifs is 1. The SMILES string of the molecule is CCC(=C(c1ccc(O)cc1)c1ccc(Oc2ccc(N3CCN(CCCOc4ccc5c(c4)CN(C4CCC(=O)NC4=O)C5)CC3)cn2)cc1)c1ccccc1. The first-order chi connectivity index (χ1) is 27.9. The summed E-state index contributed by atoms with van der Waals surface area (Å²) in [5.74, 6) is 2.01. The number of allylic oxidation sites excluding steroid dienone is 1. The summed E-state index contributed by atoms with van der Waals surface area (Å²) < 4.78 is 12.3. The molecule has 0 spiro atoms. The maximum absolute atomic E-state index is 12.4. The van der Waals surface area contributed by atoms with Crippen molar-refractivity contribution >= 4 is 28.6 Å². The molecular formula is C47H49N5O5. The number of piperidine rings is 1. The van der Waals surface area contributed by atoms with E-state index in [4.69, 9.17) is 9.47 Å². The summed E-state index contributed by atoms with van der Waals surface area (Å²) in [6.45, 7) is 9.02. The van der Waals surface area contributed by atoms with Crippen molar-refractivity contribution in [1.82, 2.24) is 20.1 Å². The Hall–Kier alpha value is -5.97. The number of piperazine rings is 1. The molecule has 8 rings (SSSR count). The van der Waals surface area contributed by atoms with Crippen LogP contribution in [-0.4, -0.2) is 77.1 Å². The second-order valence-electron chi connectivity index (χ2n) is 14.9. The number of benzene rings is 4. The molecule has 57 heavy (non-hydrogen) atoms. The molecule has 1 aromatic heterocycles. The van der Waals surface area contributed by atoms with Crippen LogP contribution in [0.15, 0.2) is 115 Å². The Morgan fingerprint density at radius 1 is 0.807 bits per heavy atom. The van der Waals surface area contributed by atoms with Crippen molar-refractivity contribution < 1.29 is 24.2 Å². The first-order valence-corrected chi connectivity index (χ1v) is 20.0. The van der Waals surface area contributed by atoms with Crippen LogP contribution in [0.1, 0.15) is 60.4 Å². The van der Waals surface area contributed by atoms with Crippen molar-refractivity contribution in [3.05, 3.63) is 143 Å². The van der Waals surface area contributed by atoms with Gasteiger partial charge in [0.2, 0.25) is 17.7 Å². The van der Waals surface area contributed by atoms with E-state index in [1.807, 2.05) is 48.7 Å². The Labute approximate surface area is 334 Å². The van der Waals surface area contributed by atoms with Gasteiger partial charge in [-0.1, -0.05) is 67.6 Å². The lowest BCUT2D eigenvalue weighted by molar-refractivity contribution is -0.137. The van der Waals surface area contributed by atoms with Crippen molar-refractivity contribution in [3.8, 4) is 23.1 Å². The average molecular weight is 764 g/mol. The van der Waals surface area contributed by atoms with Gasteiger partial charge in [0, 0.05) is 58.3 Å². The third kappa shape index (κ3) is 9.03. The van der Waals surface area contributed by atoms with E-state index in [-0.39, 0.29) is 23.6 Å². The number of hydrogen-bond donors (Lipinski definition) is 2. The molecule has 2 saturated heterocycles. The summed E-state index contributed by atoms with van der Waals surface area (Å²) in [4.78, 5) is 35.6. The summed E-state index contributed by atoms with van der Waals surface area (Å²) in [6, 6.07) is 36.0. The largest absolute Gasteiger partial charge is 0.508 e. The smallest absolute Gasteiger partial charge is 0.243 e. The monoisotopic (exact) mass is 763 g/mol. The van der Waals surface area contributed by atoms with Crippen LogP contribution < -0.4 is 19.7 Å². The zero-order valence-electron chi connectivity index (χ0n) is 32.4. The van der Waals surface area contributed by atoms with E-state index in [2.05, 4.69) is 86.5 Å². The van der Waals surface area contributed by atoms with E-state index in [1.165, 1.54) is 22.3 Å². The number of amides is 2. The van der Waals surface area contributed by atoms with Crippen LogP contribution >= 0.6 is 0 Å². The zero-order valence-corrected chi connectivity index (χ0v) is 32.4. The second kappa shape index (κ2) is 17.4. The maximum Gasteiger partial charge on any atom is 0.243 e. The van der Waals surface area contributed by atoms with E-state index in [0.29, 0.717) is 37.6 Å². The molecule has 2 amide bonds. The number of aromatic hydroxyl groups is 1. The fourth-order valence-corrected chi connectivity index (χ4v) is 8.18. The zero-order chi connectivity index (χ0) is 39.1. The summed E-state index contributed by atoms with van der Waals surface area (Å²) in [5, 5.41) is 12.4. The number of phenols is 1. The van der Waals surface area contributed by atoms with Gasteiger partial charge >= 0.3 is 0 Å². The minimum atomic E-state index is -0.254. The number of anilines is 1. The number of rotatable bonds is 13. The number of ether oxygens (including phenoxy) is 2. The van der Waals surface area contributed by atoms with E-state index < -0.39 is 0 Å². The first kappa shape index (κ1) is 37.9. The number of carbonyl (C=O) groups is 2. The third-order valence-electron chi connectivity index (χ3n) is 11.2. The average Bonchev–Trinajstić information content (AvgIpc) is 3.66. The molecule has 1 atom stereocenters. The topological polar surface area (TPSA) is 107 Å². The number of carbonyl (C=O) groups excluding carboxylic acids is 2. The molecule has 4 heterocycles. The quantitative estimate of drug-likeness (QED) is 0.0711. The van der Waals surface area contributed by atoms with Gasteiger partial charge in [-0.25, -0.2) is 4.98 Å². The number of nitrogens with one attached hydrogen (secondary N) is 1. The molecule has 2 fully saturated rings. The number of hydrogen-bond acceptors (Lipinski definition) is 9. The van der Waals surface area contributed by atoms with Crippen molar-refractivity contribution in [3.63, 3.8) is 0 Å². The number of imide groups is 1. The lowest BCUT2D eigenvalue weighted by Crippen LogP contribution is -2.50. The summed E-state index contributed by atoms with van der Waals surface area (Å²) >= 11 is 0. The van der Waals surface area contributed by atoms with Crippen molar-refractivity contribution in [1.29, 1.82) is 0 Å². The van der Waals surface area contributed by atoms with Gasteiger partial charge < -0.3 is 19.5 Å². The van der Waals surface area contributed by atoms with Crippen molar-refractivity contribution in [2.24, 2.45) is 0 Å². The van der Waals surface area contributed by atoms with Crippen LogP contribution in [0.3, 0.4) is 0 Å². The highest BCUT2D eigenvalue weighted by molar-refractivity contribution is 6.00. The van der Waals surface area contributed by atoms with Crippen molar-refractivity contribution in [2.45, 2.75) is 51.7 Å². The molecular weight excluding hydrogens is 715 g/mol. The Balaban J connectivity index is 0.800. The van der Waals surface area contributed by atoms with Crippen molar-refractivity contribution in [2.75, 3.05) is 44.2 Å². The highest BCUT2D eigenvalue weighted by atomic mass is 16.5. The highest BCUT2D eigenvalue weighted by Gasteiger charge is 2.34. The minimum absolute atomic E-state index is 0.181. The molecule has 5 aromatic rings. The van der Waals surface area contributed by atoms with Gasteiger partial charge in [-0.3, -0.25) is 24.7 Å². The summed E-state index contributed by atoms with van der Waals surface area (Å²) in [5.41, 5.74) is 9.15. The summed E-state index contributed by atoms with van der Waals surface area (Å²) in [7, 11) is 0. The lowest BCUT2D eigenvalue weighted by Gasteiger charge is -2.35. The van der Waals surface area contributed by atoms with Gasteiger partial charge in [0.05, 0.1) is 24.5 Å². The van der Waals surface area contributed by atoms with Gasteiger partial charge in [-0.15, -0.1) is 0 Å². The molecule has 2 N–H and O–H groups in total. The second-order valence-corrected chi connectivity index (χ2v) is 14.9. The van der Waals surface area contributed by atoms with Gasteiger partial charge in [-0.2, -0.15) is 0 Å². The molecule has 0 saturated carbocycles. The van der Waals surface area contributed by atoms with Gasteiger partial charge in [0.25, 0.3) is 0 Å². The van der Waals surface area contributed by atoms with Crippen LogP contribution in [0.4, 0.5) is 5.69 Å². The van der Waals surface area contributed by atoms with Crippen LogP contribution in [0.5, 0.6) is 23.1 Å². The molecule has 0 radical (unpaired) electrons. The molecule has 292 valence electrons. The lowest BCUT2D eigenvalue weighted by atomic mass is 9.88. The molecule has 10 heteroatoms. The van der Waals surface area contributed by atoms with Gasteiger partial charge in [-0.05, 0) is 101 Å². The Morgan fingerprint density at radius 3 is 2.23 bits per heavy atom. The number of nitrogens with zero attached hydrogens (tertiary/aromatic N) is 4. The van der Waals surface area contributed by atoms with E-state index in [1.54, 1.807) is 12.1 Å². The Morgan fingerprint density at radius 2 is 1.53 bits per heavy atom. The van der Waals surface area contributed by atoms with Gasteiger partial charge in [0.15, 0.2) is 0 Å². The van der Waals surface area contributed by atoms with Gasteiger partial charge in [0.1, 0.15) is 17.2 Å². The van der Waals surface area contributed by atoms with Crippen LogP contribution in [-0.2, 0) is 22.7 Å². The predicted octanol–water partition coefficient (Wildman–Crippen LogP) is 7.66. The molecule has 3 aliphatic heterocycles. The Kier molecular flexibility index (Phi) is 11.6. The van der Waals surface area contributed by atoms with Crippen LogP contribution in [0, 0.1) is 0 Å². The van der Waals surface area contributed by atoms with Crippen LogP contribution in [0.25, 0.3) is 11.1 Å². The fraction of sp³-hybridized carbons (Fsp3) is 0.298. The maximum atomic E-state index is 12.4. The number of phenolic OH excluding ortho intramolecular Hbond substituents is 1. The standard InChI is InChI=1S/C47H49N5O5/c1-2-42(33-7-4-3-5-8-33)46(34-9-15-39(53)16-10-34)35-11-17-40(18-12-35)57-45-22-14-38(30-48-45)51-26-24-50(25-27-51)23-6-28-56-41-19-13-36-31-52(32-37(36)29-41)43-20-21-44(54)49-47(43)55/h3-5,7-19,22,29-30,43,53H,2,6,20-21,23-28,31-32H2,1H3,(H,49,54,55). The molecule has 0 aliphatic carbocycles. The predicted molar refractivity (Wildman–Crippen MR) is 222 cm³/mol. The summed E-state index contributed by atoms with van der Waals surface area (Å²) in [6.07, 6.45) is 4.66. The van der Waals surface area contributed by atoms with Crippen LogP contribution in [0.2, 0.25) is 0 Å². The van der Waals surface area contributed by atoms with E-state index in [9.17, 15) is 14.7 Å². The first-order valence-electron chi connectivity index (χ1n) is 20.0. The fourth-order valence-electron chi connectivity index (χ4n) is 8.18. The molecule has 4 aromatic carbocycles. The number of aromatic nitrogens is 1. The number of pyridine rings is 1. The van der Waals surface area contributed by atoms with E-state index in [0.717, 1.165) is 80.2 Å². The third-order valence-corrected chi connectivity index (χ3v) is 11.2. The Bertz CT molecular complexity index is 2200. The normalized spacial score (nSPS) is 17.8. The van der Waals surface area contributed by atoms with E-state index >= 15 is 0 Å². The molecule has 0 bridgehead atoms. The molecule has 3 aliphatic rings. The molecule has 1 unspecified atom stereocenters. The molecule has 10 nitrogen and oxygen atoms in total. The minimum Gasteiger partial charge on any atom is -0.508 e.